The van der Waals surface area contributed by atoms with Crippen molar-refractivity contribution < 1.29 is 33.8 Å². The molecular formula is C9H13N2O9P. The number of ether oxygens (including phenoxy) is 1. The van der Waals surface area contributed by atoms with E-state index < -0.39 is 49.9 Å². The number of aromatic amines is 1. The summed E-state index contributed by atoms with van der Waals surface area (Å²) in [7, 11) is -4.71. The van der Waals surface area contributed by atoms with E-state index >= 15 is 0 Å². The Morgan fingerprint density at radius 3 is 2.76 bits per heavy atom. The highest BCUT2D eigenvalue weighted by molar-refractivity contribution is 7.46. The van der Waals surface area contributed by atoms with Crippen LogP contribution in [0.3, 0.4) is 0 Å². The molecule has 2 rings (SSSR count). The van der Waals surface area contributed by atoms with Crippen molar-refractivity contribution >= 4 is 7.82 Å². The Bertz CT molecular complexity index is 677. The number of phosphoric acid groups is 1. The minimum atomic E-state index is -4.71. The van der Waals surface area contributed by atoms with Crippen LogP contribution in [0, 0.1) is 0 Å². The largest absolute Gasteiger partial charge is 0.502 e. The molecular weight excluding hydrogens is 311 g/mol. The summed E-state index contributed by atoms with van der Waals surface area (Å²) < 4.78 is 20.9. The quantitative estimate of drug-likeness (QED) is 0.393. The molecule has 21 heavy (non-hydrogen) atoms. The summed E-state index contributed by atoms with van der Waals surface area (Å²) in [6, 6.07) is 0. The molecule has 1 aliphatic rings. The first-order valence-electron chi connectivity index (χ1n) is 5.75. The normalized spacial score (nSPS) is 26.1. The lowest BCUT2D eigenvalue weighted by Gasteiger charge is -2.16. The molecule has 0 radical (unpaired) electrons. The van der Waals surface area contributed by atoms with Crippen LogP contribution in [0.1, 0.15) is 12.6 Å². The lowest BCUT2D eigenvalue weighted by molar-refractivity contribution is -0.0452. The zero-order valence-electron chi connectivity index (χ0n) is 10.4. The molecule has 1 aliphatic heterocycles. The van der Waals surface area contributed by atoms with Crippen molar-refractivity contribution in [1.82, 2.24) is 9.55 Å². The third-order valence-electron chi connectivity index (χ3n) is 2.87. The monoisotopic (exact) mass is 324 g/mol. The Morgan fingerprint density at radius 1 is 1.48 bits per heavy atom. The number of nitrogens with one attached hydrogen (secondary N) is 1. The zero-order chi connectivity index (χ0) is 15.8. The number of aliphatic hydroxyl groups is 1. The van der Waals surface area contributed by atoms with E-state index in [9.17, 15) is 24.4 Å². The molecule has 0 bridgehead atoms. The molecule has 11 nitrogen and oxygen atoms in total. The smallest absolute Gasteiger partial charge is 0.469 e. The van der Waals surface area contributed by atoms with Crippen molar-refractivity contribution in [2.24, 2.45) is 0 Å². The number of aliphatic hydroxyl groups excluding tert-OH is 1. The van der Waals surface area contributed by atoms with Gasteiger partial charge in [-0.1, -0.05) is 0 Å². The molecule has 5 N–H and O–H groups in total. The summed E-state index contributed by atoms with van der Waals surface area (Å²) >= 11 is 0. The van der Waals surface area contributed by atoms with Gasteiger partial charge in [0.15, 0.2) is 5.75 Å². The van der Waals surface area contributed by atoms with Gasteiger partial charge in [-0.05, 0) is 0 Å². The number of rotatable bonds is 4. The Balaban J connectivity index is 2.14. The van der Waals surface area contributed by atoms with Crippen LogP contribution < -0.4 is 11.2 Å². The maximum Gasteiger partial charge on any atom is 0.469 e. The summed E-state index contributed by atoms with van der Waals surface area (Å²) in [5, 5.41) is 19.0. The van der Waals surface area contributed by atoms with E-state index in [-0.39, 0.29) is 6.42 Å². The molecule has 0 aliphatic carbocycles. The minimum Gasteiger partial charge on any atom is -0.502 e. The first kappa shape index (κ1) is 15.9. The summed E-state index contributed by atoms with van der Waals surface area (Å²) in [5.41, 5.74) is -1.82. The lowest BCUT2D eigenvalue weighted by Crippen LogP contribution is -2.32. The molecule has 1 aromatic rings. The van der Waals surface area contributed by atoms with Gasteiger partial charge in [-0.2, -0.15) is 0 Å². The van der Waals surface area contributed by atoms with E-state index in [1.54, 1.807) is 0 Å². The van der Waals surface area contributed by atoms with Crippen molar-refractivity contribution in [3.8, 4) is 5.75 Å². The van der Waals surface area contributed by atoms with E-state index in [0.717, 1.165) is 10.8 Å². The van der Waals surface area contributed by atoms with Crippen LogP contribution in [0.5, 0.6) is 5.75 Å². The number of hydrogen-bond donors (Lipinski definition) is 5. The van der Waals surface area contributed by atoms with Gasteiger partial charge in [0.2, 0.25) is 0 Å². The molecule has 2 heterocycles. The van der Waals surface area contributed by atoms with Crippen LogP contribution in [0.15, 0.2) is 15.8 Å². The number of phosphoric ester groups is 1. The van der Waals surface area contributed by atoms with Gasteiger partial charge < -0.3 is 24.7 Å². The molecule has 0 amide bonds. The first-order valence-corrected chi connectivity index (χ1v) is 7.28. The SMILES string of the molecule is O=c1[nH]c(=O)n([C@H]2C[C@H](O)[C@@H](COP(=O)(O)O)O2)cc1O. The number of hydrogen-bond acceptors (Lipinski definition) is 7. The number of aromatic hydroxyl groups is 1. The van der Waals surface area contributed by atoms with Crippen LogP contribution in [0.25, 0.3) is 0 Å². The predicted octanol–water partition coefficient (Wildman–Crippen LogP) is -2.00. The standard InChI is InChI=1S/C9H13N2O9P/c12-4-1-7(20-6(4)3-19-21(16,17)18)11-2-5(13)8(14)10-9(11)15/h2,4,6-7,12-13H,1,3H2,(H,10,14,15)(H2,16,17,18)/t4-,6+,7+/m0/s1. The number of H-pyrrole nitrogens is 1. The molecule has 0 spiro atoms. The Kier molecular flexibility index (Phi) is 4.33. The summed E-state index contributed by atoms with van der Waals surface area (Å²) in [4.78, 5) is 41.6. The van der Waals surface area contributed by atoms with E-state index in [1.807, 2.05) is 4.98 Å². The first-order chi connectivity index (χ1) is 9.67. The average Bonchev–Trinajstić information content (AvgIpc) is 2.72. The summed E-state index contributed by atoms with van der Waals surface area (Å²) in [5.74, 6) is -0.706. The summed E-state index contributed by atoms with van der Waals surface area (Å²) in [6.07, 6.45) is -2.45. The van der Waals surface area contributed by atoms with Gasteiger partial charge >= 0.3 is 13.5 Å². The highest BCUT2D eigenvalue weighted by atomic mass is 31.2. The second-order valence-electron chi connectivity index (χ2n) is 4.40. The third kappa shape index (κ3) is 3.79. The van der Waals surface area contributed by atoms with Crippen LogP contribution in [0.2, 0.25) is 0 Å². The van der Waals surface area contributed by atoms with Gasteiger partial charge in [-0.3, -0.25) is 18.9 Å². The van der Waals surface area contributed by atoms with Gasteiger partial charge in [0.25, 0.3) is 5.56 Å². The molecule has 1 saturated heterocycles. The van der Waals surface area contributed by atoms with E-state index in [1.165, 1.54) is 0 Å². The van der Waals surface area contributed by atoms with Crippen LogP contribution in [0.4, 0.5) is 0 Å². The predicted molar refractivity (Wildman–Crippen MR) is 65.5 cm³/mol. The Morgan fingerprint density at radius 2 is 2.14 bits per heavy atom. The van der Waals surface area contributed by atoms with Gasteiger partial charge in [-0.15, -0.1) is 0 Å². The highest BCUT2D eigenvalue weighted by Crippen LogP contribution is 2.38. The molecule has 1 fully saturated rings. The minimum absolute atomic E-state index is 0.0828. The molecule has 3 atom stereocenters. The second-order valence-corrected chi connectivity index (χ2v) is 5.64. The maximum atomic E-state index is 11.6. The molecule has 0 aromatic carbocycles. The van der Waals surface area contributed by atoms with Gasteiger partial charge in [0.1, 0.15) is 12.3 Å². The van der Waals surface area contributed by atoms with E-state index in [4.69, 9.17) is 14.5 Å². The van der Waals surface area contributed by atoms with Crippen LogP contribution in [-0.4, -0.2) is 48.4 Å². The van der Waals surface area contributed by atoms with E-state index in [2.05, 4.69) is 4.52 Å². The highest BCUT2D eigenvalue weighted by Gasteiger charge is 2.37. The molecule has 12 heteroatoms. The number of aromatic nitrogens is 2. The van der Waals surface area contributed by atoms with Crippen molar-refractivity contribution in [3.63, 3.8) is 0 Å². The van der Waals surface area contributed by atoms with Crippen molar-refractivity contribution in [2.45, 2.75) is 24.9 Å². The fourth-order valence-corrected chi connectivity index (χ4v) is 2.24. The molecule has 0 unspecified atom stereocenters. The average molecular weight is 324 g/mol. The molecule has 118 valence electrons. The van der Waals surface area contributed by atoms with Crippen molar-refractivity contribution in [2.75, 3.05) is 6.61 Å². The van der Waals surface area contributed by atoms with Crippen molar-refractivity contribution in [3.05, 3.63) is 27.0 Å². The Hall–Kier alpha value is -1.49. The topological polar surface area (TPSA) is 171 Å². The second kappa shape index (κ2) is 5.72. The fraction of sp³-hybridized carbons (Fsp3) is 0.556. The molecule has 1 aromatic heterocycles. The van der Waals surface area contributed by atoms with Crippen molar-refractivity contribution in [1.29, 1.82) is 0 Å². The van der Waals surface area contributed by atoms with Crippen LogP contribution in [-0.2, 0) is 13.8 Å². The molecule has 0 saturated carbocycles. The van der Waals surface area contributed by atoms with E-state index in [0.29, 0.717) is 0 Å². The van der Waals surface area contributed by atoms with Gasteiger partial charge in [-0.25, -0.2) is 9.36 Å². The Labute approximate surface area is 116 Å². The lowest BCUT2D eigenvalue weighted by atomic mass is 10.2. The van der Waals surface area contributed by atoms with Gasteiger partial charge in [0.05, 0.1) is 18.9 Å². The van der Waals surface area contributed by atoms with Crippen LogP contribution >= 0.6 is 7.82 Å². The third-order valence-corrected chi connectivity index (χ3v) is 3.36. The maximum absolute atomic E-state index is 11.6. The number of nitrogens with zero attached hydrogens (tertiary/aromatic N) is 1. The van der Waals surface area contributed by atoms with Gasteiger partial charge in [0, 0.05) is 6.42 Å². The fourth-order valence-electron chi connectivity index (χ4n) is 1.90. The summed E-state index contributed by atoms with van der Waals surface area (Å²) in [6.45, 7) is -0.577. The zero-order valence-corrected chi connectivity index (χ0v) is 11.3.